The van der Waals surface area contributed by atoms with Crippen LogP contribution in [0, 0.1) is 0 Å². The molecule has 102 valence electrons. The second kappa shape index (κ2) is 4.79. The van der Waals surface area contributed by atoms with Crippen molar-refractivity contribution in [2.24, 2.45) is 0 Å². The fourth-order valence-electron chi connectivity index (χ4n) is 2.83. The SMILES string of the molecule is CCc1ncc2c(n1)N(C1CCC1)C(CC)C(=O)N2. The van der Waals surface area contributed by atoms with E-state index in [1.165, 1.54) is 6.42 Å². The molecule has 1 fully saturated rings. The summed E-state index contributed by atoms with van der Waals surface area (Å²) in [5, 5.41) is 2.94. The van der Waals surface area contributed by atoms with Gasteiger partial charge >= 0.3 is 0 Å². The summed E-state index contributed by atoms with van der Waals surface area (Å²) in [4.78, 5) is 23.4. The molecule has 3 rings (SSSR count). The summed E-state index contributed by atoms with van der Waals surface area (Å²) in [6.07, 6.45) is 6.95. The lowest BCUT2D eigenvalue weighted by Crippen LogP contribution is -2.55. The number of amides is 1. The molecular weight excluding hydrogens is 240 g/mol. The van der Waals surface area contributed by atoms with E-state index in [-0.39, 0.29) is 11.9 Å². The molecule has 1 N–H and O–H groups in total. The van der Waals surface area contributed by atoms with E-state index in [0.717, 1.165) is 43.0 Å². The number of carbonyl (C=O) groups excluding carboxylic acids is 1. The highest BCUT2D eigenvalue weighted by atomic mass is 16.2. The molecule has 5 heteroatoms. The highest BCUT2D eigenvalue weighted by molar-refractivity contribution is 6.02. The van der Waals surface area contributed by atoms with Crippen LogP contribution in [-0.4, -0.2) is 28.0 Å². The quantitative estimate of drug-likeness (QED) is 0.904. The normalized spacial score (nSPS) is 22.7. The Hall–Kier alpha value is -1.65. The maximum Gasteiger partial charge on any atom is 0.247 e. The molecule has 1 aromatic heterocycles. The zero-order valence-corrected chi connectivity index (χ0v) is 11.5. The minimum atomic E-state index is -0.0857. The van der Waals surface area contributed by atoms with Crippen molar-refractivity contribution in [3.05, 3.63) is 12.0 Å². The molecule has 2 aliphatic rings. The third kappa shape index (κ3) is 1.97. The van der Waals surface area contributed by atoms with Gasteiger partial charge in [-0.1, -0.05) is 13.8 Å². The van der Waals surface area contributed by atoms with Gasteiger partial charge < -0.3 is 10.2 Å². The Morgan fingerprint density at radius 3 is 2.79 bits per heavy atom. The van der Waals surface area contributed by atoms with E-state index >= 15 is 0 Å². The predicted octanol–water partition coefficient (Wildman–Crippen LogP) is 2.13. The molecule has 1 atom stereocenters. The van der Waals surface area contributed by atoms with Crippen molar-refractivity contribution in [2.45, 2.75) is 58.0 Å². The van der Waals surface area contributed by atoms with Gasteiger partial charge in [0.25, 0.3) is 0 Å². The van der Waals surface area contributed by atoms with Gasteiger partial charge in [-0.2, -0.15) is 0 Å². The van der Waals surface area contributed by atoms with Crippen LogP contribution < -0.4 is 10.2 Å². The maximum absolute atomic E-state index is 12.2. The standard InChI is InChI=1S/C14H20N4O/c1-3-11-14(19)16-10-8-15-12(4-2)17-13(10)18(11)9-6-5-7-9/h8-9,11H,3-7H2,1-2H3,(H,16,19). The predicted molar refractivity (Wildman–Crippen MR) is 74.2 cm³/mol. The zero-order valence-electron chi connectivity index (χ0n) is 11.5. The van der Waals surface area contributed by atoms with Crippen LogP contribution in [0.5, 0.6) is 0 Å². The van der Waals surface area contributed by atoms with Gasteiger partial charge in [0.05, 0.1) is 6.20 Å². The number of anilines is 2. The Bertz CT molecular complexity index is 498. The van der Waals surface area contributed by atoms with Crippen LogP contribution in [0.2, 0.25) is 0 Å². The van der Waals surface area contributed by atoms with Crippen molar-refractivity contribution >= 4 is 17.4 Å². The summed E-state index contributed by atoms with van der Waals surface area (Å²) in [5.41, 5.74) is 0.763. The van der Waals surface area contributed by atoms with Crippen molar-refractivity contribution in [3.8, 4) is 0 Å². The fourth-order valence-corrected chi connectivity index (χ4v) is 2.83. The number of hydrogen-bond acceptors (Lipinski definition) is 4. The molecule has 0 spiro atoms. The van der Waals surface area contributed by atoms with Gasteiger partial charge in [-0.05, 0) is 25.7 Å². The van der Waals surface area contributed by atoms with Gasteiger partial charge in [-0.15, -0.1) is 0 Å². The van der Waals surface area contributed by atoms with Crippen molar-refractivity contribution in [3.63, 3.8) is 0 Å². The smallest absolute Gasteiger partial charge is 0.247 e. The van der Waals surface area contributed by atoms with E-state index in [9.17, 15) is 4.79 Å². The number of aryl methyl sites for hydroxylation is 1. The lowest BCUT2D eigenvalue weighted by Gasteiger charge is -2.45. The minimum Gasteiger partial charge on any atom is -0.340 e. The Kier molecular flexibility index (Phi) is 3.12. The second-order valence-electron chi connectivity index (χ2n) is 5.28. The summed E-state index contributed by atoms with van der Waals surface area (Å²) in [5.74, 6) is 1.84. The Morgan fingerprint density at radius 1 is 1.42 bits per heavy atom. The molecule has 19 heavy (non-hydrogen) atoms. The van der Waals surface area contributed by atoms with Crippen LogP contribution in [0.1, 0.15) is 45.4 Å². The van der Waals surface area contributed by atoms with E-state index in [4.69, 9.17) is 0 Å². The summed E-state index contributed by atoms with van der Waals surface area (Å²) in [6.45, 7) is 4.11. The Labute approximate surface area is 113 Å². The lowest BCUT2D eigenvalue weighted by atomic mass is 9.89. The van der Waals surface area contributed by atoms with Crippen LogP contribution in [0.15, 0.2) is 6.20 Å². The third-order valence-corrected chi connectivity index (χ3v) is 4.13. The molecule has 1 aromatic rings. The lowest BCUT2D eigenvalue weighted by molar-refractivity contribution is -0.118. The first-order valence-corrected chi connectivity index (χ1v) is 7.19. The maximum atomic E-state index is 12.2. The molecule has 1 amide bonds. The average Bonchev–Trinajstić information content (AvgIpc) is 2.36. The summed E-state index contributed by atoms with van der Waals surface area (Å²) in [7, 11) is 0. The number of hydrogen-bond donors (Lipinski definition) is 1. The van der Waals surface area contributed by atoms with Crippen molar-refractivity contribution < 1.29 is 4.79 Å². The average molecular weight is 260 g/mol. The van der Waals surface area contributed by atoms with Gasteiger partial charge in [0.15, 0.2) is 5.82 Å². The van der Waals surface area contributed by atoms with Crippen LogP contribution in [0.3, 0.4) is 0 Å². The first-order valence-electron chi connectivity index (χ1n) is 7.19. The largest absolute Gasteiger partial charge is 0.340 e. The first-order chi connectivity index (χ1) is 9.24. The van der Waals surface area contributed by atoms with E-state index in [0.29, 0.717) is 6.04 Å². The molecule has 0 aromatic carbocycles. The van der Waals surface area contributed by atoms with E-state index in [2.05, 4.69) is 27.1 Å². The topological polar surface area (TPSA) is 58.1 Å². The molecule has 2 heterocycles. The molecule has 1 aliphatic carbocycles. The first kappa shape index (κ1) is 12.4. The highest BCUT2D eigenvalue weighted by Gasteiger charge is 2.39. The number of rotatable bonds is 3. The van der Waals surface area contributed by atoms with Gasteiger partial charge in [-0.3, -0.25) is 4.79 Å². The van der Waals surface area contributed by atoms with E-state index < -0.39 is 0 Å². The monoisotopic (exact) mass is 260 g/mol. The molecule has 1 aliphatic heterocycles. The Morgan fingerprint density at radius 2 is 2.21 bits per heavy atom. The third-order valence-electron chi connectivity index (χ3n) is 4.13. The van der Waals surface area contributed by atoms with Crippen molar-refractivity contribution in [1.82, 2.24) is 9.97 Å². The van der Waals surface area contributed by atoms with Crippen LogP contribution >= 0.6 is 0 Å². The highest BCUT2D eigenvalue weighted by Crippen LogP contribution is 2.37. The Balaban J connectivity index is 2.04. The van der Waals surface area contributed by atoms with Crippen LogP contribution in [0.4, 0.5) is 11.5 Å². The fraction of sp³-hybridized carbons (Fsp3) is 0.643. The number of carbonyl (C=O) groups is 1. The molecular formula is C14H20N4O. The van der Waals surface area contributed by atoms with Crippen molar-refractivity contribution in [1.29, 1.82) is 0 Å². The van der Waals surface area contributed by atoms with Gasteiger partial charge in [0, 0.05) is 12.5 Å². The molecule has 1 unspecified atom stereocenters. The molecule has 0 bridgehead atoms. The molecule has 0 radical (unpaired) electrons. The van der Waals surface area contributed by atoms with Gasteiger partial charge in [-0.25, -0.2) is 9.97 Å². The second-order valence-corrected chi connectivity index (χ2v) is 5.28. The van der Waals surface area contributed by atoms with Crippen LogP contribution in [0.25, 0.3) is 0 Å². The molecule has 5 nitrogen and oxygen atoms in total. The van der Waals surface area contributed by atoms with Gasteiger partial charge in [0.1, 0.15) is 17.6 Å². The number of aromatic nitrogens is 2. The van der Waals surface area contributed by atoms with Crippen LogP contribution in [-0.2, 0) is 11.2 Å². The van der Waals surface area contributed by atoms with E-state index in [1.54, 1.807) is 6.20 Å². The zero-order chi connectivity index (χ0) is 13.4. The van der Waals surface area contributed by atoms with Crippen molar-refractivity contribution in [2.75, 3.05) is 10.2 Å². The molecule has 1 saturated carbocycles. The molecule has 0 saturated heterocycles. The summed E-state index contributed by atoms with van der Waals surface area (Å²) in [6, 6.07) is 0.381. The minimum absolute atomic E-state index is 0.0785. The summed E-state index contributed by atoms with van der Waals surface area (Å²) >= 11 is 0. The number of fused-ring (bicyclic) bond motifs is 1. The van der Waals surface area contributed by atoms with E-state index in [1.807, 2.05) is 6.92 Å². The number of nitrogens with one attached hydrogen (secondary N) is 1. The number of nitrogens with zero attached hydrogens (tertiary/aromatic N) is 3. The van der Waals surface area contributed by atoms with Gasteiger partial charge in [0.2, 0.25) is 5.91 Å². The summed E-state index contributed by atoms with van der Waals surface area (Å²) < 4.78 is 0.